The van der Waals surface area contributed by atoms with E-state index < -0.39 is 14.9 Å². The molecule has 0 aliphatic rings. The Hall–Kier alpha value is -1.47. The van der Waals surface area contributed by atoms with E-state index in [1.807, 2.05) is 0 Å². The average molecular weight is 216 g/mol. The minimum absolute atomic E-state index is 0.124. The molecule has 0 aliphatic heterocycles. The molecule has 0 saturated carbocycles. The van der Waals surface area contributed by atoms with Crippen LogP contribution < -0.4 is 5.14 Å². The van der Waals surface area contributed by atoms with Gasteiger partial charge in [-0.3, -0.25) is 10.1 Å². The van der Waals surface area contributed by atoms with Gasteiger partial charge in [0, 0.05) is 11.6 Å². The van der Waals surface area contributed by atoms with E-state index in [9.17, 15) is 18.5 Å². The number of nitrogens with two attached hydrogens (primary N) is 1. The molecule has 6 nitrogen and oxygen atoms in total. The first kappa shape index (κ1) is 10.6. The second kappa shape index (κ2) is 3.35. The molecule has 0 aliphatic carbocycles. The zero-order valence-corrected chi connectivity index (χ0v) is 8.11. The fraction of sp³-hybridized carbons (Fsp3) is 0.143. The maximum atomic E-state index is 10.9. The van der Waals surface area contributed by atoms with E-state index in [0.717, 1.165) is 12.1 Å². The Balaban J connectivity index is 3.34. The lowest BCUT2D eigenvalue weighted by Gasteiger charge is -2.00. The maximum Gasteiger partial charge on any atom is 0.272 e. The van der Waals surface area contributed by atoms with Crippen LogP contribution in [0, 0.1) is 17.0 Å². The minimum atomic E-state index is -3.79. The van der Waals surface area contributed by atoms with Crippen molar-refractivity contribution in [2.45, 2.75) is 11.8 Å². The number of nitrogens with zero attached hydrogens (tertiary/aromatic N) is 1. The largest absolute Gasteiger partial charge is 0.272 e. The summed E-state index contributed by atoms with van der Waals surface area (Å²) in [5.74, 6) is 0. The van der Waals surface area contributed by atoms with Crippen LogP contribution >= 0.6 is 0 Å². The number of aryl methyl sites for hydroxylation is 1. The molecule has 0 bridgehead atoms. The minimum Gasteiger partial charge on any atom is -0.258 e. The van der Waals surface area contributed by atoms with Gasteiger partial charge in [0.1, 0.15) is 0 Å². The lowest BCUT2D eigenvalue weighted by Crippen LogP contribution is -2.12. The van der Waals surface area contributed by atoms with Crippen LogP contribution in [0.1, 0.15) is 5.56 Å². The van der Waals surface area contributed by atoms with Crippen LogP contribution in [-0.2, 0) is 10.0 Å². The smallest absolute Gasteiger partial charge is 0.258 e. The first-order chi connectivity index (χ1) is 6.32. The molecule has 0 unspecified atom stereocenters. The molecule has 0 aromatic heterocycles. The molecule has 1 rings (SSSR count). The Morgan fingerprint density at radius 2 is 2.00 bits per heavy atom. The van der Waals surface area contributed by atoms with Gasteiger partial charge in [-0.05, 0) is 19.1 Å². The topological polar surface area (TPSA) is 103 Å². The third kappa shape index (κ3) is 2.06. The van der Waals surface area contributed by atoms with Crippen LogP contribution in [0.2, 0.25) is 0 Å². The van der Waals surface area contributed by atoms with Gasteiger partial charge in [0.25, 0.3) is 5.69 Å². The zero-order chi connectivity index (χ0) is 10.9. The predicted octanol–water partition coefficient (Wildman–Crippen LogP) is 0.551. The molecule has 14 heavy (non-hydrogen) atoms. The van der Waals surface area contributed by atoms with Gasteiger partial charge in [-0.2, -0.15) is 0 Å². The number of rotatable bonds is 2. The maximum absolute atomic E-state index is 10.9. The summed E-state index contributed by atoms with van der Waals surface area (Å²) in [7, 11) is -3.79. The van der Waals surface area contributed by atoms with E-state index in [1.165, 1.54) is 13.0 Å². The number of primary sulfonamides is 1. The highest BCUT2D eigenvalue weighted by molar-refractivity contribution is 7.89. The highest BCUT2D eigenvalue weighted by atomic mass is 32.2. The molecule has 1 aromatic rings. The standard InChI is InChI=1S/C7H8N2O4S/c1-5-4-6(14(8,12)13)2-3-7(5)9(10)11/h2-4H,1H3,(H2,8,12,13). The Morgan fingerprint density at radius 3 is 2.36 bits per heavy atom. The Morgan fingerprint density at radius 1 is 1.43 bits per heavy atom. The highest BCUT2D eigenvalue weighted by Crippen LogP contribution is 2.20. The summed E-state index contributed by atoms with van der Waals surface area (Å²) >= 11 is 0. The molecule has 0 saturated heterocycles. The second-order valence-electron chi connectivity index (χ2n) is 2.75. The average Bonchev–Trinajstić information content (AvgIpc) is 2.01. The van der Waals surface area contributed by atoms with Gasteiger partial charge in [-0.25, -0.2) is 13.6 Å². The molecule has 0 radical (unpaired) electrons. The van der Waals surface area contributed by atoms with Crippen LogP contribution in [-0.4, -0.2) is 13.3 Å². The van der Waals surface area contributed by atoms with Gasteiger partial charge >= 0.3 is 0 Å². The predicted molar refractivity (Wildman–Crippen MR) is 49.2 cm³/mol. The van der Waals surface area contributed by atoms with Crippen LogP contribution in [0.3, 0.4) is 0 Å². The van der Waals surface area contributed by atoms with E-state index >= 15 is 0 Å². The SMILES string of the molecule is Cc1cc(S(N)(=O)=O)ccc1[N+](=O)[O-]. The second-order valence-corrected chi connectivity index (χ2v) is 4.31. The van der Waals surface area contributed by atoms with E-state index in [4.69, 9.17) is 5.14 Å². The van der Waals surface area contributed by atoms with E-state index in [0.29, 0.717) is 0 Å². The number of nitro benzene ring substituents is 1. The van der Waals surface area contributed by atoms with Gasteiger partial charge in [0.2, 0.25) is 10.0 Å². The molecule has 0 amide bonds. The van der Waals surface area contributed by atoms with Crippen molar-refractivity contribution in [2.24, 2.45) is 5.14 Å². The first-order valence-corrected chi connectivity index (χ1v) is 5.15. The zero-order valence-electron chi connectivity index (χ0n) is 7.30. The van der Waals surface area contributed by atoms with Crippen molar-refractivity contribution in [1.82, 2.24) is 0 Å². The summed E-state index contributed by atoms with van der Waals surface area (Å²) in [5.41, 5.74) is 0.138. The van der Waals surface area contributed by atoms with Crippen molar-refractivity contribution in [2.75, 3.05) is 0 Å². The van der Waals surface area contributed by atoms with E-state index in [-0.39, 0.29) is 16.1 Å². The van der Waals surface area contributed by atoms with Crippen LogP contribution in [0.15, 0.2) is 23.1 Å². The monoisotopic (exact) mass is 216 g/mol. The van der Waals surface area contributed by atoms with Crippen molar-refractivity contribution in [3.63, 3.8) is 0 Å². The van der Waals surface area contributed by atoms with Gasteiger partial charge in [0.15, 0.2) is 0 Å². The van der Waals surface area contributed by atoms with Crippen molar-refractivity contribution in [3.05, 3.63) is 33.9 Å². The number of sulfonamides is 1. The van der Waals surface area contributed by atoms with Gasteiger partial charge in [-0.15, -0.1) is 0 Å². The normalized spacial score (nSPS) is 11.3. The molecule has 7 heteroatoms. The summed E-state index contributed by atoms with van der Waals surface area (Å²) in [5, 5.41) is 15.3. The molecule has 0 heterocycles. The summed E-state index contributed by atoms with van der Waals surface area (Å²) in [6.45, 7) is 1.45. The summed E-state index contributed by atoms with van der Waals surface area (Å²) < 4.78 is 21.7. The third-order valence-corrected chi connectivity index (χ3v) is 2.60. The summed E-state index contributed by atoms with van der Waals surface area (Å²) in [6, 6.07) is 3.41. The van der Waals surface area contributed by atoms with E-state index in [2.05, 4.69) is 0 Å². The number of hydrogen-bond donors (Lipinski definition) is 1. The van der Waals surface area contributed by atoms with Crippen molar-refractivity contribution >= 4 is 15.7 Å². The summed E-state index contributed by atoms with van der Waals surface area (Å²) in [6.07, 6.45) is 0. The summed E-state index contributed by atoms with van der Waals surface area (Å²) in [4.78, 5) is 9.70. The fourth-order valence-corrected chi connectivity index (χ4v) is 1.61. The van der Waals surface area contributed by atoms with Crippen molar-refractivity contribution < 1.29 is 13.3 Å². The van der Waals surface area contributed by atoms with E-state index in [1.54, 1.807) is 0 Å². The number of hydrogen-bond acceptors (Lipinski definition) is 4. The lowest BCUT2D eigenvalue weighted by molar-refractivity contribution is -0.385. The van der Waals surface area contributed by atoms with Crippen LogP contribution in [0.4, 0.5) is 5.69 Å². The van der Waals surface area contributed by atoms with Crippen molar-refractivity contribution in [3.8, 4) is 0 Å². The first-order valence-electron chi connectivity index (χ1n) is 3.60. The third-order valence-electron chi connectivity index (χ3n) is 1.69. The van der Waals surface area contributed by atoms with Crippen molar-refractivity contribution in [1.29, 1.82) is 0 Å². The molecule has 0 fully saturated rings. The van der Waals surface area contributed by atoms with Gasteiger partial charge in [0.05, 0.1) is 9.82 Å². The Bertz CT molecular complexity index is 480. The molecule has 1 aromatic carbocycles. The van der Waals surface area contributed by atoms with Crippen LogP contribution in [0.5, 0.6) is 0 Å². The fourth-order valence-electron chi connectivity index (χ4n) is 1.01. The molecule has 0 spiro atoms. The number of benzene rings is 1. The quantitative estimate of drug-likeness (QED) is 0.575. The van der Waals surface area contributed by atoms with Gasteiger partial charge in [-0.1, -0.05) is 0 Å². The Labute approximate surface area is 80.5 Å². The molecule has 76 valence electrons. The van der Waals surface area contributed by atoms with Crippen LogP contribution in [0.25, 0.3) is 0 Å². The Kier molecular flexibility index (Phi) is 2.54. The molecule has 2 N–H and O–H groups in total. The molecule has 0 atom stereocenters. The van der Waals surface area contributed by atoms with Gasteiger partial charge < -0.3 is 0 Å². The lowest BCUT2D eigenvalue weighted by atomic mass is 10.2. The molecular formula is C7H8N2O4S. The number of nitro groups is 1. The molecular weight excluding hydrogens is 208 g/mol. The highest BCUT2D eigenvalue weighted by Gasteiger charge is 2.14.